The second kappa shape index (κ2) is 9.34. The molecule has 172 valence electrons. The molecule has 16 heteroatoms. The lowest BCUT2D eigenvalue weighted by molar-refractivity contribution is -0.155. The van der Waals surface area contributed by atoms with Crippen molar-refractivity contribution in [2.75, 3.05) is 25.2 Å². The lowest BCUT2D eigenvalue weighted by Crippen LogP contribution is -2.36. The number of hydrogen-bond donors (Lipinski definition) is 5. The highest BCUT2D eigenvalue weighted by Gasteiger charge is 2.46. The van der Waals surface area contributed by atoms with Crippen LogP contribution >= 0.6 is 19.4 Å². The van der Waals surface area contributed by atoms with Gasteiger partial charge >= 0.3 is 13.6 Å². The molecule has 1 aliphatic rings. The molecule has 0 amide bonds. The van der Waals surface area contributed by atoms with Crippen LogP contribution in [0, 0.1) is 0 Å². The van der Waals surface area contributed by atoms with Crippen LogP contribution in [0.1, 0.15) is 13.2 Å². The Kier molecular flexibility index (Phi) is 7.18. The number of rotatable bonds is 8. The first-order chi connectivity index (χ1) is 14.6. The highest BCUT2D eigenvalue weighted by molar-refractivity contribution is 7.98. The summed E-state index contributed by atoms with van der Waals surface area (Å²) in [4.78, 5) is 43.0. The molecule has 2 aromatic rings. The number of nitrogens with two attached hydrogens (primary N) is 1. The monoisotopic (exact) mass is 479 g/mol. The Morgan fingerprint density at radius 3 is 2.71 bits per heavy atom. The highest BCUT2D eigenvalue weighted by Crippen LogP contribution is 2.43. The van der Waals surface area contributed by atoms with Gasteiger partial charge in [0.1, 0.15) is 23.8 Å². The zero-order valence-corrected chi connectivity index (χ0v) is 18.1. The lowest BCUT2D eigenvalue weighted by atomic mass is 10.1. The van der Waals surface area contributed by atoms with Crippen LogP contribution in [0.4, 0.5) is 5.82 Å². The Bertz CT molecular complexity index is 1000. The van der Waals surface area contributed by atoms with Crippen molar-refractivity contribution in [3.63, 3.8) is 0 Å². The van der Waals surface area contributed by atoms with Gasteiger partial charge in [-0.15, -0.1) is 0 Å². The van der Waals surface area contributed by atoms with E-state index in [9.17, 15) is 29.4 Å². The van der Waals surface area contributed by atoms with E-state index in [2.05, 4.69) is 19.7 Å². The molecule has 0 bridgehead atoms. The van der Waals surface area contributed by atoms with Gasteiger partial charge in [-0.2, -0.15) is 0 Å². The molecule has 0 aromatic carbocycles. The summed E-state index contributed by atoms with van der Waals surface area (Å²) >= 11 is 1.24. The van der Waals surface area contributed by atoms with Crippen LogP contribution in [0.3, 0.4) is 0 Å². The number of ether oxygens (including phenoxy) is 3. The fourth-order valence-electron chi connectivity index (χ4n) is 2.99. The van der Waals surface area contributed by atoms with Crippen LogP contribution in [0.25, 0.3) is 11.2 Å². The van der Waals surface area contributed by atoms with Gasteiger partial charge in [-0.05, 0) is 13.2 Å². The third kappa shape index (κ3) is 4.83. The molecule has 0 radical (unpaired) electrons. The van der Waals surface area contributed by atoms with Crippen molar-refractivity contribution in [1.82, 2.24) is 19.5 Å². The second-order valence-electron chi connectivity index (χ2n) is 6.49. The van der Waals surface area contributed by atoms with Gasteiger partial charge in [0.2, 0.25) is 0 Å². The Hall–Kier alpha value is -1.84. The summed E-state index contributed by atoms with van der Waals surface area (Å²) in [7, 11) is -5.01. The van der Waals surface area contributed by atoms with Gasteiger partial charge in [-0.3, -0.25) is 9.13 Å². The molecule has 3 rings (SSSR count). The fraction of sp³-hybridized carbons (Fsp3) is 0.600. The number of esters is 1. The van der Waals surface area contributed by atoms with E-state index in [4.69, 9.17) is 15.2 Å². The van der Waals surface area contributed by atoms with Crippen molar-refractivity contribution in [2.45, 2.75) is 42.5 Å². The van der Waals surface area contributed by atoms with E-state index in [1.54, 1.807) is 6.26 Å². The van der Waals surface area contributed by atoms with E-state index >= 15 is 0 Å². The molecule has 0 saturated carbocycles. The third-order valence-electron chi connectivity index (χ3n) is 4.43. The van der Waals surface area contributed by atoms with Crippen LogP contribution in [0.5, 0.6) is 0 Å². The number of thioether (sulfide) groups is 1. The van der Waals surface area contributed by atoms with Crippen molar-refractivity contribution < 1.29 is 43.6 Å². The summed E-state index contributed by atoms with van der Waals surface area (Å²) in [5.41, 5.74) is 6.41. The first-order valence-corrected chi connectivity index (χ1v) is 11.9. The SMILES string of the molecule is CCOC(=O)C(OCC1OC(n2cnc3c(N)nc(SC)nc32)C(O)C1O)P(=O)(O)O. The summed E-state index contributed by atoms with van der Waals surface area (Å²) in [5.74, 6) is -3.32. The Morgan fingerprint density at radius 2 is 2.10 bits per heavy atom. The van der Waals surface area contributed by atoms with E-state index in [1.807, 2.05) is 0 Å². The van der Waals surface area contributed by atoms with Crippen LogP contribution in [0.2, 0.25) is 0 Å². The molecule has 31 heavy (non-hydrogen) atoms. The molecule has 5 unspecified atom stereocenters. The largest absolute Gasteiger partial charge is 0.464 e. The predicted octanol–water partition coefficient (Wildman–Crippen LogP) is -1.17. The average molecular weight is 479 g/mol. The van der Waals surface area contributed by atoms with Gasteiger partial charge < -0.3 is 39.9 Å². The van der Waals surface area contributed by atoms with Crippen molar-refractivity contribution in [1.29, 1.82) is 0 Å². The second-order valence-corrected chi connectivity index (χ2v) is 8.91. The molecule has 14 nitrogen and oxygen atoms in total. The number of fused-ring (bicyclic) bond motifs is 1. The third-order valence-corrected chi connectivity index (χ3v) is 5.95. The molecule has 3 heterocycles. The minimum atomic E-state index is -5.01. The number of aliphatic hydroxyl groups is 2. The van der Waals surface area contributed by atoms with Gasteiger partial charge in [0.05, 0.1) is 19.5 Å². The minimum absolute atomic E-state index is 0.112. The number of carbonyl (C=O) groups excluding carboxylic acids is 1. The van der Waals surface area contributed by atoms with Gasteiger partial charge in [-0.25, -0.2) is 19.7 Å². The smallest absolute Gasteiger partial charge is 0.365 e. The summed E-state index contributed by atoms with van der Waals surface area (Å²) in [6, 6.07) is 0. The quantitative estimate of drug-likeness (QED) is 0.131. The van der Waals surface area contributed by atoms with Gasteiger partial charge in [0, 0.05) is 0 Å². The number of nitrogens with zero attached hydrogens (tertiary/aromatic N) is 4. The Balaban J connectivity index is 1.80. The van der Waals surface area contributed by atoms with E-state index < -0.39 is 50.6 Å². The molecule has 1 aliphatic heterocycles. The topological polar surface area (TPSA) is 212 Å². The van der Waals surface area contributed by atoms with Gasteiger partial charge in [-0.1, -0.05) is 11.8 Å². The van der Waals surface area contributed by atoms with Crippen molar-refractivity contribution in [2.24, 2.45) is 0 Å². The highest BCUT2D eigenvalue weighted by atomic mass is 32.2. The standard InChI is InChI=1S/C15H22N5O9PS/c1-3-27-13(23)14(30(24,25)26)28-4-6-8(21)9(22)12(29-6)20-5-17-7-10(16)18-15(31-2)19-11(7)20/h5-6,8-9,12,14,21-22H,3-4H2,1-2H3,(H2,16,18,19)(H2,24,25,26). The van der Waals surface area contributed by atoms with E-state index in [0.29, 0.717) is 5.16 Å². The molecule has 1 fully saturated rings. The van der Waals surface area contributed by atoms with Crippen molar-refractivity contribution in [3.8, 4) is 0 Å². The van der Waals surface area contributed by atoms with E-state index in [1.165, 1.54) is 29.6 Å². The minimum Gasteiger partial charge on any atom is -0.464 e. The molecule has 6 N–H and O–H groups in total. The summed E-state index contributed by atoms with van der Waals surface area (Å²) in [5, 5.41) is 21.2. The van der Waals surface area contributed by atoms with E-state index in [0.717, 1.165) is 0 Å². The summed E-state index contributed by atoms with van der Waals surface area (Å²) in [6.45, 7) is 0.746. The summed E-state index contributed by atoms with van der Waals surface area (Å²) in [6.07, 6.45) is -2.28. The maximum Gasteiger partial charge on any atom is 0.365 e. The van der Waals surface area contributed by atoms with Crippen molar-refractivity contribution >= 4 is 42.3 Å². The van der Waals surface area contributed by atoms with Crippen LogP contribution in [-0.2, 0) is 23.6 Å². The average Bonchev–Trinajstić information content (AvgIpc) is 3.23. The van der Waals surface area contributed by atoms with Gasteiger partial charge in [0.25, 0.3) is 5.85 Å². The molecule has 0 spiro atoms. The Morgan fingerprint density at radius 1 is 1.39 bits per heavy atom. The number of imidazole rings is 1. The maximum absolute atomic E-state index is 11.8. The van der Waals surface area contributed by atoms with Crippen LogP contribution in [0.15, 0.2) is 11.5 Å². The molecule has 5 atom stereocenters. The molecule has 0 aliphatic carbocycles. The predicted molar refractivity (Wildman–Crippen MR) is 106 cm³/mol. The van der Waals surface area contributed by atoms with Crippen molar-refractivity contribution in [3.05, 3.63) is 6.33 Å². The summed E-state index contributed by atoms with van der Waals surface area (Å²) < 4.78 is 28.2. The normalized spacial score (nSPS) is 25.1. The molecule has 1 saturated heterocycles. The number of nitrogen functional groups attached to an aromatic ring is 1. The zero-order chi connectivity index (χ0) is 22.9. The Labute approximate surface area is 179 Å². The van der Waals surface area contributed by atoms with Gasteiger partial charge in [0.15, 0.2) is 22.8 Å². The number of carbonyl (C=O) groups is 1. The maximum atomic E-state index is 11.8. The number of hydrogen-bond acceptors (Lipinski definition) is 12. The van der Waals surface area contributed by atoms with Crippen LogP contribution < -0.4 is 5.73 Å². The first kappa shape index (κ1) is 23.8. The number of anilines is 1. The molecular formula is C15H22N5O9PS. The lowest BCUT2D eigenvalue weighted by Gasteiger charge is -2.20. The molecular weight excluding hydrogens is 457 g/mol. The number of aromatic nitrogens is 4. The molecule has 2 aromatic heterocycles. The first-order valence-electron chi connectivity index (χ1n) is 8.97. The van der Waals surface area contributed by atoms with E-state index in [-0.39, 0.29) is 23.6 Å². The zero-order valence-electron chi connectivity index (χ0n) is 16.4. The fourth-order valence-corrected chi connectivity index (χ4v) is 3.99. The number of aliphatic hydroxyl groups excluding tert-OH is 2. The van der Waals surface area contributed by atoms with Crippen LogP contribution in [-0.4, -0.2) is 89.1 Å².